The van der Waals surface area contributed by atoms with Gasteiger partial charge in [0.05, 0.1) is 11.9 Å². The number of rotatable bonds is 4. The van der Waals surface area contributed by atoms with Crippen LogP contribution < -0.4 is 15.8 Å². The van der Waals surface area contributed by atoms with E-state index >= 15 is 0 Å². The summed E-state index contributed by atoms with van der Waals surface area (Å²) < 4.78 is 2.29. The van der Waals surface area contributed by atoms with Crippen molar-refractivity contribution in [3.63, 3.8) is 0 Å². The summed E-state index contributed by atoms with van der Waals surface area (Å²) in [5, 5.41) is 12.3. The summed E-state index contributed by atoms with van der Waals surface area (Å²) in [4.78, 5) is 31.5. The van der Waals surface area contributed by atoms with Crippen LogP contribution in [0.15, 0.2) is 39.9 Å². The minimum Gasteiger partial charge on any atom is -0.465 e. The molecule has 8 nitrogen and oxygen atoms in total. The van der Waals surface area contributed by atoms with E-state index in [-0.39, 0.29) is 11.6 Å². The smallest absolute Gasteiger partial charge is 0.407 e. The highest BCUT2D eigenvalue weighted by Gasteiger charge is 2.28. The largest absolute Gasteiger partial charge is 0.465 e. The normalized spacial score (nSPS) is 17.1. The first-order chi connectivity index (χ1) is 12.9. The predicted octanol–water partition coefficient (Wildman–Crippen LogP) is 2.87. The van der Waals surface area contributed by atoms with Crippen LogP contribution in [0, 0.1) is 0 Å². The van der Waals surface area contributed by atoms with Crippen LogP contribution in [-0.2, 0) is 7.05 Å². The van der Waals surface area contributed by atoms with Gasteiger partial charge in [0.15, 0.2) is 0 Å². The zero-order valence-corrected chi connectivity index (χ0v) is 16.8. The molecule has 2 aromatic rings. The van der Waals surface area contributed by atoms with E-state index in [1.54, 1.807) is 25.5 Å². The molecule has 1 aliphatic rings. The number of amides is 1. The van der Waals surface area contributed by atoms with E-state index in [1.165, 1.54) is 9.47 Å². The fourth-order valence-corrected chi connectivity index (χ4v) is 3.78. The van der Waals surface area contributed by atoms with Gasteiger partial charge in [0.1, 0.15) is 11.5 Å². The molecule has 1 atom stereocenters. The molecule has 2 N–H and O–H groups in total. The Kier molecular flexibility index (Phi) is 5.69. The van der Waals surface area contributed by atoms with Gasteiger partial charge in [-0.15, -0.1) is 0 Å². The lowest BCUT2D eigenvalue weighted by Crippen LogP contribution is -2.54. The molecule has 0 radical (unpaired) electrons. The third-order valence-corrected chi connectivity index (χ3v) is 5.15. The number of anilines is 3. The molecule has 0 saturated carbocycles. The number of aryl methyl sites for hydroxylation is 1. The van der Waals surface area contributed by atoms with E-state index in [9.17, 15) is 14.7 Å². The average Bonchev–Trinajstić information content (AvgIpc) is 2.65. The number of hydrogen-bond acceptors (Lipinski definition) is 5. The summed E-state index contributed by atoms with van der Waals surface area (Å²) >= 11 is 3.38. The summed E-state index contributed by atoms with van der Waals surface area (Å²) in [6.45, 7) is 3.64. The highest BCUT2D eigenvalue weighted by Crippen LogP contribution is 2.24. The minimum absolute atomic E-state index is 0.118. The van der Waals surface area contributed by atoms with Gasteiger partial charge in [-0.1, -0.05) is 6.92 Å². The third-order valence-electron chi connectivity index (χ3n) is 4.72. The molecule has 0 bridgehead atoms. The quantitative estimate of drug-likeness (QED) is 0.766. The summed E-state index contributed by atoms with van der Waals surface area (Å²) in [5.41, 5.74) is 1.24. The van der Waals surface area contributed by atoms with Gasteiger partial charge in [-0.25, -0.2) is 9.78 Å². The lowest BCUT2D eigenvalue weighted by molar-refractivity contribution is 0.134. The number of nitrogens with one attached hydrogen (secondary N) is 1. The van der Waals surface area contributed by atoms with Crippen molar-refractivity contribution in [1.29, 1.82) is 0 Å². The molecule has 1 aliphatic heterocycles. The van der Waals surface area contributed by atoms with Crippen LogP contribution in [0.5, 0.6) is 0 Å². The lowest BCUT2D eigenvalue weighted by Gasteiger charge is -2.41. The van der Waals surface area contributed by atoms with Crippen LogP contribution in [0.2, 0.25) is 0 Å². The van der Waals surface area contributed by atoms with E-state index in [4.69, 9.17) is 0 Å². The van der Waals surface area contributed by atoms with Crippen molar-refractivity contribution in [3.05, 3.63) is 45.4 Å². The van der Waals surface area contributed by atoms with Gasteiger partial charge in [-0.05, 0) is 40.5 Å². The second-order valence-electron chi connectivity index (χ2n) is 6.50. The maximum absolute atomic E-state index is 12.2. The number of piperazine rings is 1. The molecule has 2 aromatic heterocycles. The Bertz CT molecular complexity index is 884. The van der Waals surface area contributed by atoms with Crippen molar-refractivity contribution >= 4 is 39.2 Å². The lowest BCUT2D eigenvalue weighted by atomic mass is 10.1. The number of aromatic nitrogens is 2. The van der Waals surface area contributed by atoms with E-state index in [2.05, 4.69) is 38.1 Å². The molecule has 1 unspecified atom stereocenters. The molecule has 0 aliphatic carbocycles. The molecule has 3 heterocycles. The molecule has 1 amide bonds. The van der Waals surface area contributed by atoms with Crippen molar-refractivity contribution in [1.82, 2.24) is 14.5 Å². The van der Waals surface area contributed by atoms with Crippen LogP contribution >= 0.6 is 15.9 Å². The highest BCUT2D eigenvalue weighted by atomic mass is 79.9. The number of halogens is 1. The third kappa shape index (κ3) is 4.24. The van der Waals surface area contributed by atoms with Gasteiger partial charge in [0, 0.05) is 43.4 Å². The Labute approximate surface area is 165 Å². The number of carboxylic acid groups (broad SMARTS) is 1. The Balaban J connectivity index is 1.76. The highest BCUT2D eigenvalue weighted by molar-refractivity contribution is 9.10. The van der Waals surface area contributed by atoms with Gasteiger partial charge >= 0.3 is 6.09 Å². The van der Waals surface area contributed by atoms with Gasteiger partial charge in [0.25, 0.3) is 5.56 Å². The van der Waals surface area contributed by atoms with Crippen molar-refractivity contribution in [3.8, 4) is 0 Å². The summed E-state index contributed by atoms with van der Waals surface area (Å²) in [5.74, 6) is 0.575. The van der Waals surface area contributed by atoms with Crippen molar-refractivity contribution in [2.75, 3.05) is 29.9 Å². The number of nitrogens with zero attached hydrogens (tertiary/aromatic N) is 4. The number of pyridine rings is 2. The van der Waals surface area contributed by atoms with Crippen LogP contribution in [0.4, 0.5) is 22.0 Å². The first-order valence-electron chi connectivity index (χ1n) is 8.72. The second-order valence-corrected chi connectivity index (χ2v) is 7.41. The monoisotopic (exact) mass is 435 g/mol. The van der Waals surface area contributed by atoms with Crippen molar-refractivity contribution in [2.24, 2.45) is 7.05 Å². The number of carbonyl (C=O) groups is 1. The molecular formula is C18H22BrN5O3. The molecule has 0 spiro atoms. The summed E-state index contributed by atoms with van der Waals surface area (Å²) in [6.07, 6.45) is 3.43. The van der Waals surface area contributed by atoms with E-state index in [1.807, 2.05) is 12.1 Å². The topological polar surface area (TPSA) is 90.7 Å². The minimum atomic E-state index is -0.874. The van der Waals surface area contributed by atoms with Crippen LogP contribution in [0.25, 0.3) is 0 Å². The maximum Gasteiger partial charge on any atom is 0.407 e. The molecule has 1 fully saturated rings. The Morgan fingerprint density at radius 3 is 2.81 bits per heavy atom. The maximum atomic E-state index is 12.2. The molecular weight excluding hydrogens is 414 g/mol. The Morgan fingerprint density at radius 1 is 1.41 bits per heavy atom. The van der Waals surface area contributed by atoms with E-state index in [0.717, 1.165) is 16.6 Å². The first kappa shape index (κ1) is 19.2. The zero-order valence-electron chi connectivity index (χ0n) is 15.2. The van der Waals surface area contributed by atoms with Gasteiger partial charge in [-0.3, -0.25) is 4.79 Å². The van der Waals surface area contributed by atoms with Gasteiger partial charge in [0.2, 0.25) is 0 Å². The first-order valence-corrected chi connectivity index (χ1v) is 9.52. The number of hydrogen-bond donors (Lipinski definition) is 2. The summed E-state index contributed by atoms with van der Waals surface area (Å²) in [6, 6.07) is 5.60. The standard InChI is InChI=1S/C18H22BrN5O3/c1-3-13-11-23(18(26)27)6-7-24(13)14-4-5-16(20-9-14)21-15-8-12(19)10-22(2)17(15)25/h4-5,8-10,13H,3,6-7,11H2,1-2H3,(H,20,21)(H,26,27). The van der Waals surface area contributed by atoms with E-state index < -0.39 is 6.09 Å². The zero-order chi connectivity index (χ0) is 19.6. The molecule has 9 heteroatoms. The Morgan fingerprint density at radius 2 is 2.19 bits per heavy atom. The Hall–Kier alpha value is -2.55. The molecule has 3 rings (SSSR count). The fourth-order valence-electron chi connectivity index (χ4n) is 3.25. The summed E-state index contributed by atoms with van der Waals surface area (Å²) in [7, 11) is 1.69. The molecule has 1 saturated heterocycles. The predicted molar refractivity (Wildman–Crippen MR) is 108 cm³/mol. The molecule has 144 valence electrons. The fraction of sp³-hybridized carbons (Fsp3) is 0.389. The van der Waals surface area contributed by atoms with Gasteiger partial charge < -0.3 is 24.8 Å². The SMILES string of the molecule is CCC1CN(C(=O)O)CCN1c1ccc(Nc2cc(Br)cn(C)c2=O)nc1. The van der Waals surface area contributed by atoms with Crippen molar-refractivity contribution < 1.29 is 9.90 Å². The van der Waals surface area contributed by atoms with Crippen LogP contribution in [0.3, 0.4) is 0 Å². The van der Waals surface area contributed by atoms with Crippen molar-refractivity contribution in [2.45, 2.75) is 19.4 Å². The molecule has 27 heavy (non-hydrogen) atoms. The van der Waals surface area contributed by atoms with Gasteiger partial charge in [-0.2, -0.15) is 0 Å². The molecule has 0 aromatic carbocycles. The van der Waals surface area contributed by atoms with Crippen LogP contribution in [0.1, 0.15) is 13.3 Å². The van der Waals surface area contributed by atoms with Crippen LogP contribution in [-0.4, -0.2) is 51.3 Å². The van der Waals surface area contributed by atoms with E-state index in [0.29, 0.717) is 31.1 Å². The second kappa shape index (κ2) is 7.99. The average molecular weight is 436 g/mol.